The van der Waals surface area contributed by atoms with E-state index >= 15 is 0 Å². The summed E-state index contributed by atoms with van der Waals surface area (Å²) in [4.78, 5) is 22.2. The number of benzene rings is 3. The van der Waals surface area contributed by atoms with Gasteiger partial charge in [0.15, 0.2) is 0 Å². The van der Waals surface area contributed by atoms with E-state index < -0.39 is 0 Å². The first kappa shape index (κ1) is 30.0. The third-order valence-electron chi connectivity index (χ3n) is 8.06. The van der Waals surface area contributed by atoms with E-state index in [1.54, 1.807) is 17.1 Å². The van der Waals surface area contributed by atoms with E-state index in [1.165, 1.54) is 5.56 Å². The van der Waals surface area contributed by atoms with Gasteiger partial charge >= 0.3 is 0 Å². The topological polar surface area (TPSA) is 85.6 Å². The first-order valence-corrected chi connectivity index (χ1v) is 15.3. The fourth-order valence-corrected chi connectivity index (χ4v) is 5.61. The Morgan fingerprint density at radius 1 is 0.933 bits per heavy atom. The highest BCUT2D eigenvalue weighted by Gasteiger charge is 2.34. The summed E-state index contributed by atoms with van der Waals surface area (Å²) in [7, 11) is 2.10. The molecule has 0 aliphatic carbocycles. The van der Waals surface area contributed by atoms with Crippen LogP contribution in [0.2, 0.25) is 0 Å². The zero-order valence-corrected chi connectivity index (χ0v) is 26.1. The number of carbonyl (C=O) groups excluding carboxylic acids is 1. The predicted molar refractivity (Wildman–Crippen MR) is 174 cm³/mol. The molecule has 2 atom stereocenters. The highest BCUT2D eigenvalue weighted by molar-refractivity contribution is 5.99. The summed E-state index contributed by atoms with van der Waals surface area (Å²) >= 11 is 0. The van der Waals surface area contributed by atoms with Crippen LogP contribution in [0.5, 0.6) is 17.2 Å². The molecule has 1 amide bonds. The molecule has 2 aromatic heterocycles. The zero-order valence-electron chi connectivity index (χ0n) is 26.1. The molecule has 6 rings (SSSR count). The van der Waals surface area contributed by atoms with Crippen LogP contribution in [0.25, 0.3) is 16.9 Å². The molecule has 0 radical (unpaired) electrons. The monoisotopic (exact) mass is 602 g/mol. The molecule has 45 heavy (non-hydrogen) atoms. The number of rotatable bonds is 9. The molecule has 0 fully saturated rings. The van der Waals surface area contributed by atoms with Crippen molar-refractivity contribution in [1.82, 2.24) is 29.8 Å². The fourth-order valence-electron chi connectivity index (χ4n) is 5.61. The van der Waals surface area contributed by atoms with Crippen molar-refractivity contribution >= 4 is 5.91 Å². The highest BCUT2D eigenvalue weighted by atomic mass is 16.5. The second-order valence-electron chi connectivity index (χ2n) is 11.9. The average Bonchev–Trinajstić information content (AvgIpc) is 3.54. The van der Waals surface area contributed by atoms with E-state index in [2.05, 4.69) is 60.1 Å². The second-order valence-corrected chi connectivity index (χ2v) is 11.9. The number of likely N-dealkylation sites (N-methyl/N-ethyl adjacent to an activating group) is 1. The number of pyridine rings is 1. The molecule has 0 spiro atoms. The van der Waals surface area contributed by atoms with Gasteiger partial charge in [0.05, 0.1) is 17.4 Å². The zero-order chi connectivity index (χ0) is 31.3. The van der Waals surface area contributed by atoms with E-state index in [4.69, 9.17) is 9.47 Å². The molecule has 0 saturated heterocycles. The Morgan fingerprint density at radius 2 is 1.64 bits per heavy atom. The van der Waals surface area contributed by atoms with Crippen molar-refractivity contribution in [3.8, 4) is 34.2 Å². The van der Waals surface area contributed by atoms with E-state index in [1.807, 2.05) is 83.9 Å². The Kier molecular flexibility index (Phi) is 8.89. The lowest BCUT2D eigenvalue weighted by atomic mass is 9.97. The molecule has 0 N–H and O–H groups in total. The first-order valence-electron chi connectivity index (χ1n) is 15.3. The summed E-state index contributed by atoms with van der Waals surface area (Å²) in [5, 5.41) is 8.81. The van der Waals surface area contributed by atoms with Crippen LogP contribution in [0, 0.1) is 5.92 Å². The number of carbonyl (C=O) groups is 1. The summed E-state index contributed by atoms with van der Waals surface area (Å²) < 4.78 is 14.5. The van der Waals surface area contributed by atoms with Crippen molar-refractivity contribution in [3.63, 3.8) is 0 Å². The SMILES string of the molecule is CC(C)N1C[C@H](C)[C@@H](CN(C)Cc2ccc(Oc3ccccc3)cc2)Oc2c(cccc2-c2cn(-c3ccncc3)nn2)C1=O. The van der Waals surface area contributed by atoms with E-state index in [-0.39, 0.29) is 24.0 Å². The summed E-state index contributed by atoms with van der Waals surface area (Å²) in [5.41, 5.74) is 3.92. The summed E-state index contributed by atoms with van der Waals surface area (Å²) in [6, 6.07) is 27.4. The van der Waals surface area contributed by atoms with Crippen LogP contribution < -0.4 is 9.47 Å². The number of fused-ring (bicyclic) bond motifs is 1. The second kappa shape index (κ2) is 13.3. The lowest BCUT2D eigenvalue weighted by Crippen LogP contribution is -2.48. The number of ether oxygens (including phenoxy) is 2. The van der Waals surface area contributed by atoms with Gasteiger partial charge < -0.3 is 14.4 Å². The highest BCUT2D eigenvalue weighted by Crippen LogP contribution is 2.37. The molecule has 1 aliphatic rings. The maximum absolute atomic E-state index is 13.9. The molecule has 230 valence electrons. The van der Waals surface area contributed by atoms with Crippen molar-refractivity contribution in [2.24, 2.45) is 5.92 Å². The van der Waals surface area contributed by atoms with Crippen LogP contribution in [0.4, 0.5) is 0 Å². The van der Waals surface area contributed by atoms with Crippen molar-refractivity contribution in [3.05, 3.63) is 115 Å². The van der Waals surface area contributed by atoms with Gasteiger partial charge in [0.1, 0.15) is 29.0 Å². The maximum Gasteiger partial charge on any atom is 0.257 e. The largest absolute Gasteiger partial charge is 0.487 e. The smallest absolute Gasteiger partial charge is 0.257 e. The molecular formula is C36H38N6O3. The summed E-state index contributed by atoms with van der Waals surface area (Å²) in [6.45, 7) is 8.28. The Hall–Kier alpha value is -5.02. The fraction of sp³-hybridized carbons (Fsp3) is 0.278. The van der Waals surface area contributed by atoms with Crippen LogP contribution in [-0.4, -0.2) is 68.0 Å². The Balaban J connectivity index is 1.25. The van der Waals surface area contributed by atoms with Gasteiger partial charge in [-0.25, -0.2) is 4.68 Å². The third kappa shape index (κ3) is 6.89. The quantitative estimate of drug-likeness (QED) is 0.190. The Bertz CT molecular complexity index is 1720. The van der Waals surface area contributed by atoms with E-state index in [9.17, 15) is 4.79 Å². The molecule has 0 unspecified atom stereocenters. The minimum absolute atomic E-state index is 0.0390. The maximum atomic E-state index is 13.9. The van der Waals surface area contributed by atoms with Gasteiger partial charge in [0.2, 0.25) is 0 Å². The average molecular weight is 603 g/mol. The van der Waals surface area contributed by atoms with Crippen LogP contribution in [-0.2, 0) is 6.54 Å². The molecule has 1 aliphatic heterocycles. The van der Waals surface area contributed by atoms with Gasteiger partial charge in [-0.15, -0.1) is 5.10 Å². The van der Waals surface area contributed by atoms with Crippen LogP contribution >= 0.6 is 0 Å². The van der Waals surface area contributed by atoms with Gasteiger partial charge in [0, 0.05) is 49.6 Å². The summed E-state index contributed by atoms with van der Waals surface area (Å²) in [6.07, 6.45) is 5.10. The Morgan fingerprint density at radius 3 is 2.38 bits per heavy atom. The number of hydrogen-bond acceptors (Lipinski definition) is 7. The molecule has 9 nitrogen and oxygen atoms in total. The van der Waals surface area contributed by atoms with Crippen LogP contribution in [0.1, 0.15) is 36.7 Å². The molecule has 3 aromatic carbocycles. The lowest BCUT2D eigenvalue weighted by molar-refractivity contribution is 0.0433. The Labute approximate surface area is 264 Å². The summed E-state index contributed by atoms with van der Waals surface area (Å²) in [5.74, 6) is 2.19. The molecule has 9 heteroatoms. The molecule has 3 heterocycles. The molecule has 0 saturated carbocycles. The number of aromatic nitrogens is 4. The standard InChI is InChI=1S/C36H38N6O3/c1-25(2)41-21-26(3)34(24-40(4)22-27-13-15-30(16-14-27)44-29-9-6-5-7-10-29)45-35-31(11-8-12-32(35)36(41)43)33-23-42(39-38-33)28-17-19-37-20-18-28/h5-20,23,25-26,34H,21-22,24H2,1-4H3/t26-,34+/m0/s1. The lowest BCUT2D eigenvalue weighted by Gasteiger charge is -2.38. The predicted octanol–water partition coefficient (Wildman–Crippen LogP) is 6.50. The number of amides is 1. The van der Waals surface area contributed by atoms with Gasteiger partial charge in [-0.05, 0) is 75.0 Å². The van der Waals surface area contributed by atoms with E-state index in [0.717, 1.165) is 29.3 Å². The third-order valence-corrected chi connectivity index (χ3v) is 8.06. The number of nitrogens with zero attached hydrogens (tertiary/aromatic N) is 6. The number of hydrogen-bond donors (Lipinski definition) is 0. The van der Waals surface area contributed by atoms with Crippen molar-refractivity contribution < 1.29 is 14.3 Å². The van der Waals surface area contributed by atoms with Crippen LogP contribution in [0.3, 0.4) is 0 Å². The number of para-hydroxylation sites is 2. The first-order chi connectivity index (χ1) is 21.9. The van der Waals surface area contributed by atoms with E-state index in [0.29, 0.717) is 30.1 Å². The minimum atomic E-state index is -0.180. The minimum Gasteiger partial charge on any atom is -0.487 e. The van der Waals surface area contributed by atoms with Crippen molar-refractivity contribution in [2.75, 3.05) is 20.1 Å². The van der Waals surface area contributed by atoms with Crippen molar-refractivity contribution in [2.45, 2.75) is 39.5 Å². The van der Waals surface area contributed by atoms with Crippen molar-refractivity contribution in [1.29, 1.82) is 0 Å². The van der Waals surface area contributed by atoms with Crippen LogP contribution in [0.15, 0.2) is 104 Å². The van der Waals surface area contributed by atoms with Gasteiger partial charge in [-0.1, -0.05) is 48.5 Å². The van der Waals surface area contributed by atoms with Gasteiger partial charge in [0.25, 0.3) is 5.91 Å². The molecule has 0 bridgehead atoms. The van der Waals surface area contributed by atoms with Gasteiger partial charge in [-0.2, -0.15) is 0 Å². The normalized spacial score (nSPS) is 16.7. The molecule has 5 aromatic rings. The van der Waals surface area contributed by atoms with Gasteiger partial charge in [-0.3, -0.25) is 14.7 Å². The molecular weight excluding hydrogens is 564 g/mol.